The van der Waals surface area contributed by atoms with Gasteiger partial charge in [0.25, 0.3) is 0 Å². The molecule has 0 saturated heterocycles. The van der Waals surface area contributed by atoms with Crippen LogP contribution in [0.4, 0.5) is 0 Å². The summed E-state index contributed by atoms with van der Waals surface area (Å²) in [5.74, 6) is -0.102. The highest BCUT2D eigenvalue weighted by atomic mass is 79.9. The average Bonchev–Trinajstić information content (AvgIpc) is 1.82. The van der Waals surface area contributed by atoms with Gasteiger partial charge in [0, 0.05) is 11.8 Å². The summed E-state index contributed by atoms with van der Waals surface area (Å²) in [5.41, 5.74) is 0. The Bertz CT molecular complexity index is 102. The van der Waals surface area contributed by atoms with Crippen molar-refractivity contribution in [2.24, 2.45) is 0 Å². The first-order chi connectivity index (χ1) is 4.66. The zero-order chi connectivity index (χ0) is 7.98. The molecule has 0 spiro atoms. The van der Waals surface area contributed by atoms with Crippen LogP contribution in [0.5, 0.6) is 0 Å². The normalized spacial score (nSPS) is 10.0. The third kappa shape index (κ3) is 6.08. The molecule has 0 unspecified atom stereocenters. The van der Waals surface area contributed by atoms with Crippen LogP contribution in [-0.2, 0) is 9.53 Å². The Morgan fingerprint density at radius 3 is 2.60 bits per heavy atom. The van der Waals surface area contributed by atoms with E-state index in [2.05, 4.69) is 15.9 Å². The fourth-order valence-corrected chi connectivity index (χ4v) is 0.813. The molecule has 0 aromatic rings. The smallest absolute Gasteiger partial charge is 0.306 e. The summed E-state index contributed by atoms with van der Waals surface area (Å²) in [4.78, 5) is 10.8. The van der Waals surface area contributed by atoms with Gasteiger partial charge < -0.3 is 4.74 Å². The quantitative estimate of drug-likeness (QED) is 0.523. The molecular weight excluding hydrogens is 196 g/mol. The van der Waals surface area contributed by atoms with E-state index in [1.54, 1.807) is 0 Å². The second kappa shape index (κ2) is 5.71. The molecule has 3 heteroatoms. The highest BCUT2D eigenvalue weighted by Crippen LogP contribution is 1.98. The van der Waals surface area contributed by atoms with Crippen LogP contribution >= 0.6 is 15.9 Å². The highest BCUT2D eigenvalue weighted by molar-refractivity contribution is 9.09. The Kier molecular flexibility index (Phi) is 5.69. The number of ether oxygens (including phenoxy) is 1. The third-order valence-electron chi connectivity index (χ3n) is 0.882. The van der Waals surface area contributed by atoms with Crippen molar-refractivity contribution in [1.29, 1.82) is 0 Å². The van der Waals surface area contributed by atoms with Gasteiger partial charge in [0.1, 0.15) is 0 Å². The maximum atomic E-state index is 10.8. The van der Waals surface area contributed by atoms with Gasteiger partial charge in [-0.25, -0.2) is 0 Å². The molecule has 0 fully saturated rings. The first kappa shape index (κ1) is 9.95. The summed E-state index contributed by atoms with van der Waals surface area (Å²) >= 11 is 3.24. The van der Waals surface area contributed by atoms with Gasteiger partial charge in [0.15, 0.2) is 0 Å². The fraction of sp³-hybridized carbons (Fsp3) is 0.857. The lowest BCUT2D eigenvalue weighted by Gasteiger charge is -2.06. The van der Waals surface area contributed by atoms with Crippen LogP contribution in [0.3, 0.4) is 0 Å². The van der Waals surface area contributed by atoms with Crippen molar-refractivity contribution >= 4 is 21.9 Å². The predicted molar refractivity (Wildman–Crippen MR) is 44.3 cm³/mol. The number of rotatable bonds is 4. The zero-order valence-electron chi connectivity index (χ0n) is 6.39. The minimum atomic E-state index is -0.102. The van der Waals surface area contributed by atoms with Gasteiger partial charge in [-0.15, -0.1) is 0 Å². The van der Waals surface area contributed by atoms with Crippen molar-refractivity contribution in [3.8, 4) is 0 Å². The molecule has 0 aliphatic heterocycles. The Balaban J connectivity index is 3.26. The molecule has 0 heterocycles. The van der Waals surface area contributed by atoms with Gasteiger partial charge in [0.05, 0.1) is 6.10 Å². The zero-order valence-corrected chi connectivity index (χ0v) is 7.98. The van der Waals surface area contributed by atoms with Gasteiger partial charge in [-0.2, -0.15) is 0 Å². The molecule has 0 N–H and O–H groups in total. The molecule has 0 aliphatic rings. The van der Waals surface area contributed by atoms with Crippen LogP contribution in [0.25, 0.3) is 0 Å². The second-order valence-electron chi connectivity index (χ2n) is 2.33. The minimum Gasteiger partial charge on any atom is -0.463 e. The Labute approximate surface area is 70.1 Å². The number of carbonyl (C=O) groups is 1. The van der Waals surface area contributed by atoms with Crippen molar-refractivity contribution in [1.82, 2.24) is 0 Å². The minimum absolute atomic E-state index is 0.0165. The van der Waals surface area contributed by atoms with Crippen LogP contribution < -0.4 is 0 Å². The van der Waals surface area contributed by atoms with E-state index in [0.29, 0.717) is 6.42 Å². The van der Waals surface area contributed by atoms with Crippen LogP contribution in [0, 0.1) is 0 Å². The van der Waals surface area contributed by atoms with Crippen LogP contribution in [0.15, 0.2) is 0 Å². The first-order valence-electron chi connectivity index (χ1n) is 3.42. The molecule has 60 valence electrons. The van der Waals surface area contributed by atoms with E-state index in [4.69, 9.17) is 4.74 Å². The summed E-state index contributed by atoms with van der Waals surface area (Å²) in [6.45, 7) is 3.71. The molecule has 0 bridgehead atoms. The number of carbonyl (C=O) groups excluding carboxylic acids is 1. The first-order valence-corrected chi connectivity index (χ1v) is 4.54. The number of hydrogen-bond donors (Lipinski definition) is 0. The summed E-state index contributed by atoms with van der Waals surface area (Å²) in [5, 5.41) is 0.861. The average molecular weight is 209 g/mol. The highest BCUT2D eigenvalue weighted by Gasteiger charge is 2.02. The number of esters is 1. The summed E-state index contributed by atoms with van der Waals surface area (Å²) < 4.78 is 4.89. The van der Waals surface area contributed by atoms with Crippen LogP contribution in [0.1, 0.15) is 26.7 Å². The molecule has 0 radical (unpaired) electrons. The maximum absolute atomic E-state index is 10.8. The SMILES string of the molecule is CC(C)OC(=O)CCCBr. The Hall–Kier alpha value is -0.0500. The third-order valence-corrected chi connectivity index (χ3v) is 1.44. The predicted octanol–water partition coefficient (Wildman–Crippen LogP) is 2.11. The molecule has 0 aliphatic carbocycles. The van der Waals surface area contributed by atoms with Crippen molar-refractivity contribution in [3.63, 3.8) is 0 Å². The molecule has 2 nitrogen and oxygen atoms in total. The number of alkyl halides is 1. The molecular formula is C7H13BrO2. The van der Waals surface area contributed by atoms with E-state index in [1.807, 2.05) is 13.8 Å². The van der Waals surface area contributed by atoms with Crippen molar-refractivity contribution in [2.75, 3.05) is 5.33 Å². The molecule has 0 saturated carbocycles. The molecule has 0 amide bonds. The van der Waals surface area contributed by atoms with Gasteiger partial charge >= 0.3 is 5.97 Å². The lowest BCUT2D eigenvalue weighted by Crippen LogP contribution is -2.10. The molecule has 0 atom stereocenters. The second-order valence-corrected chi connectivity index (χ2v) is 3.12. The van der Waals surface area contributed by atoms with Gasteiger partial charge in [-0.05, 0) is 20.3 Å². The van der Waals surface area contributed by atoms with E-state index < -0.39 is 0 Å². The van der Waals surface area contributed by atoms with Crippen LogP contribution in [0.2, 0.25) is 0 Å². The number of halogens is 1. The Morgan fingerprint density at radius 1 is 1.60 bits per heavy atom. The van der Waals surface area contributed by atoms with Gasteiger partial charge in [-0.1, -0.05) is 15.9 Å². The van der Waals surface area contributed by atoms with E-state index in [0.717, 1.165) is 11.8 Å². The van der Waals surface area contributed by atoms with E-state index >= 15 is 0 Å². The fourth-order valence-electron chi connectivity index (χ4n) is 0.533. The lowest BCUT2D eigenvalue weighted by atomic mass is 10.3. The van der Waals surface area contributed by atoms with E-state index in [1.165, 1.54) is 0 Å². The van der Waals surface area contributed by atoms with Crippen molar-refractivity contribution in [2.45, 2.75) is 32.8 Å². The molecule has 0 aromatic heterocycles. The molecule has 0 aromatic carbocycles. The summed E-state index contributed by atoms with van der Waals surface area (Å²) in [6, 6.07) is 0. The lowest BCUT2D eigenvalue weighted by molar-refractivity contribution is -0.147. The molecule has 0 rings (SSSR count). The summed E-state index contributed by atoms with van der Waals surface area (Å²) in [7, 11) is 0. The van der Waals surface area contributed by atoms with Crippen molar-refractivity contribution < 1.29 is 9.53 Å². The van der Waals surface area contributed by atoms with E-state index in [-0.39, 0.29) is 12.1 Å². The summed E-state index contributed by atoms with van der Waals surface area (Å²) in [6.07, 6.45) is 1.39. The number of hydrogen-bond acceptors (Lipinski definition) is 2. The standard InChI is InChI=1S/C7H13BrO2/c1-6(2)10-7(9)4-3-5-8/h6H,3-5H2,1-2H3. The maximum Gasteiger partial charge on any atom is 0.306 e. The monoisotopic (exact) mass is 208 g/mol. The van der Waals surface area contributed by atoms with Gasteiger partial charge in [0.2, 0.25) is 0 Å². The van der Waals surface area contributed by atoms with E-state index in [9.17, 15) is 4.79 Å². The molecule has 10 heavy (non-hydrogen) atoms. The largest absolute Gasteiger partial charge is 0.463 e. The van der Waals surface area contributed by atoms with Crippen LogP contribution in [-0.4, -0.2) is 17.4 Å². The topological polar surface area (TPSA) is 26.3 Å². The van der Waals surface area contributed by atoms with Crippen molar-refractivity contribution in [3.05, 3.63) is 0 Å². The van der Waals surface area contributed by atoms with Gasteiger partial charge in [-0.3, -0.25) is 4.79 Å². The Morgan fingerprint density at radius 2 is 2.20 bits per heavy atom.